The third-order valence-corrected chi connectivity index (χ3v) is 2.20. The van der Waals surface area contributed by atoms with Crippen molar-refractivity contribution < 1.29 is 4.79 Å². The van der Waals surface area contributed by atoms with Crippen LogP contribution < -0.4 is 11.0 Å². The standard InChI is InChI=1S/C9H16N4O2/c1-4-7(2)11-8(14)5-13-9(15)12(3)6-10-13/h6-7H,4-5H2,1-3H3,(H,11,14). The normalized spacial score (nSPS) is 12.5. The van der Waals surface area contributed by atoms with Crippen LogP contribution in [0.15, 0.2) is 11.1 Å². The molecule has 0 saturated carbocycles. The van der Waals surface area contributed by atoms with Gasteiger partial charge in [0, 0.05) is 13.1 Å². The van der Waals surface area contributed by atoms with E-state index in [2.05, 4.69) is 10.4 Å². The van der Waals surface area contributed by atoms with Gasteiger partial charge in [-0.2, -0.15) is 5.10 Å². The molecule has 84 valence electrons. The molecule has 0 aliphatic heterocycles. The van der Waals surface area contributed by atoms with Crippen LogP contribution in [0.2, 0.25) is 0 Å². The van der Waals surface area contributed by atoms with Crippen molar-refractivity contribution in [3.05, 3.63) is 16.8 Å². The van der Waals surface area contributed by atoms with Gasteiger partial charge in [-0.05, 0) is 13.3 Å². The Balaban J connectivity index is 2.59. The van der Waals surface area contributed by atoms with Crippen LogP contribution in [-0.2, 0) is 18.4 Å². The van der Waals surface area contributed by atoms with Gasteiger partial charge in [0.25, 0.3) is 0 Å². The summed E-state index contributed by atoms with van der Waals surface area (Å²) >= 11 is 0. The Morgan fingerprint density at radius 3 is 2.80 bits per heavy atom. The minimum absolute atomic E-state index is 0.0238. The molecule has 0 saturated heterocycles. The lowest BCUT2D eigenvalue weighted by Gasteiger charge is -2.10. The Labute approximate surface area is 87.9 Å². The fourth-order valence-corrected chi connectivity index (χ4v) is 1.09. The molecule has 1 rings (SSSR count). The molecule has 6 heteroatoms. The molecule has 15 heavy (non-hydrogen) atoms. The monoisotopic (exact) mass is 212 g/mol. The third kappa shape index (κ3) is 2.93. The minimum Gasteiger partial charge on any atom is -0.352 e. The Morgan fingerprint density at radius 1 is 1.67 bits per heavy atom. The zero-order valence-electron chi connectivity index (χ0n) is 9.23. The van der Waals surface area contributed by atoms with Crippen LogP contribution in [0.1, 0.15) is 20.3 Å². The molecule has 0 radical (unpaired) electrons. The highest BCUT2D eigenvalue weighted by Gasteiger charge is 2.09. The first-order chi connectivity index (χ1) is 7.04. The van der Waals surface area contributed by atoms with Gasteiger partial charge in [0.1, 0.15) is 12.9 Å². The van der Waals surface area contributed by atoms with Gasteiger partial charge in [0.05, 0.1) is 0 Å². The molecule has 1 N–H and O–H groups in total. The number of aromatic nitrogens is 3. The largest absolute Gasteiger partial charge is 0.352 e. The van der Waals surface area contributed by atoms with E-state index in [1.54, 1.807) is 7.05 Å². The number of amides is 1. The molecule has 0 spiro atoms. The Kier molecular flexibility index (Phi) is 3.65. The van der Waals surface area contributed by atoms with E-state index in [1.165, 1.54) is 10.9 Å². The van der Waals surface area contributed by atoms with Crippen molar-refractivity contribution in [2.75, 3.05) is 0 Å². The molecule has 0 bridgehead atoms. The van der Waals surface area contributed by atoms with Crippen LogP contribution in [0, 0.1) is 0 Å². The van der Waals surface area contributed by atoms with E-state index in [0.29, 0.717) is 0 Å². The summed E-state index contributed by atoms with van der Waals surface area (Å²) in [5.74, 6) is -0.190. The first-order valence-corrected chi connectivity index (χ1v) is 4.92. The predicted molar refractivity (Wildman–Crippen MR) is 55.4 cm³/mol. The van der Waals surface area contributed by atoms with E-state index in [-0.39, 0.29) is 24.2 Å². The second-order valence-electron chi connectivity index (χ2n) is 3.56. The number of hydrogen-bond donors (Lipinski definition) is 1. The van der Waals surface area contributed by atoms with E-state index in [4.69, 9.17) is 0 Å². The van der Waals surface area contributed by atoms with Crippen LogP contribution in [-0.4, -0.2) is 26.3 Å². The number of carbonyl (C=O) groups excluding carboxylic acids is 1. The first-order valence-electron chi connectivity index (χ1n) is 4.92. The zero-order chi connectivity index (χ0) is 11.4. The van der Waals surface area contributed by atoms with E-state index in [0.717, 1.165) is 11.1 Å². The zero-order valence-corrected chi connectivity index (χ0v) is 9.23. The molecule has 0 aliphatic carbocycles. The molecular formula is C9H16N4O2. The van der Waals surface area contributed by atoms with Gasteiger partial charge in [-0.25, -0.2) is 9.48 Å². The number of rotatable bonds is 4. The summed E-state index contributed by atoms with van der Waals surface area (Å²) in [6.45, 7) is 3.88. The molecule has 1 heterocycles. The molecule has 1 aromatic rings. The highest BCUT2D eigenvalue weighted by atomic mass is 16.2. The average Bonchev–Trinajstić information content (AvgIpc) is 2.49. The second kappa shape index (κ2) is 4.77. The van der Waals surface area contributed by atoms with Crippen molar-refractivity contribution in [3.8, 4) is 0 Å². The summed E-state index contributed by atoms with van der Waals surface area (Å²) in [7, 11) is 1.60. The average molecular weight is 212 g/mol. The van der Waals surface area contributed by atoms with E-state index >= 15 is 0 Å². The van der Waals surface area contributed by atoms with Crippen LogP contribution in [0.25, 0.3) is 0 Å². The van der Waals surface area contributed by atoms with E-state index < -0.39 is 0 Å². The lowest BCUT2D eigenvalue weighted by atomic mass is 10.2. The maximum atomic E-state index is 11.4. The van der Waals surface area contributed by atoms with Crippen molar-refractivity contribution in [3.63, 3.8) is 0 Å². The number of nitrogens with one attached hydrogen (secondary N) is 1. The van der Waals surface area contributed by atoms with Crippen LogP contribution in [0.5, 0.6) is 0 Å². The van der Waals surface area contributed by atoms with Crippen LogP contribution in [0.4, 0.5) is 0 Å². The topological polar surface area (TPSA) is 68.9 Å². The number of hydrogen-bond acceptors (Lipinski definition) is 3. The number of carbonyl (C=O) groups is 1. The van der Waals surface area contributed by atoms with Gasteiger partial charge < -0.3 is 5.32 Å². The van der Waals surface area contributed by atoms with Crippen molar-refractivity contribution >= 4 is 5.91 Å². The number of aryl methyl sites for hydroxylation is 1. The van der Waals surface area contributed by atoms with Gasteiger partial charge in [-0.1, -0.05) is 6.92 Å². The summed E-state index contributed by atoms with van der Waals surface area (Å²) in [6, 6.07) is 0.122. The lowest BCUT2D eigenvalue weighted by molar-refractivity contribution is -0.122. The molecule has 0 aliphatic rings. The Bertz CT molecular complexity index is 393. The van der Waals surface area contributed by atoms with Crippen LogP contribution in [0.3, 0.4) is 0 Å². The summed E-state index contributed by atoms with van der Waals surface area (Å²) in [5, 5.41) is 6.56. The van der Waals surface area contributed by atoms with Crippen molar-refractivity contribution in [2.45, 2.75) is 32.9 Å². The molecule has 0 aromatic carbocycles. The SMILES string of the molecule is CCC(C)NC(=O)Cn1ncn(C)c1=O. The lowest BCUT2D eigenvalue weighted by Crippen LogP contribution is -2.37. The summed E-state index contributed by atoms with van der Waals surface area (Å²) in [6.07, 6.45) is 2.25. The Morgan fingerprint density at radius 2 is 2.33 bits per heavy atom. The Hall–Kier alpha value is -1.59. The first kappa shape index (κ1) is 11.5. The van der Waals surface area contributed by atoms with Gasteiger partial charge in [0.2, 0.25) is 5.91 Å². The molecule has 6 nitrogen and oxygen atoms in total. The van der Waals surface area contributed by atoms with Crippen molar-refractivity contribution in [1.82, 2.24) is 19.7 Å². The highest BCUT2D eigenvalue weighted by Crippen LogP contribution is 1.88. The highest BCUT2D eigenvalue weighted by molar-refractivity contribution is 5.75. The maximum absolute atomic E-state index is 11.4. The molecule has 1 atom stereocenters. The van der Waals surface area contributed by atoms with Gasteiger partial charge in [0.15, 0.2) is 0 Å². The van der Waals surface area contributed by atoms with Crippen LogP contribution >= 0.6 is 0 Å². The second-order valence-corrected chi connectivity index (χ2v) is 3.56. The summed E-state index contributed by atoms with van der Waals surface area (Å²) < 4.78 is 2.47. The van der Waals surface area contributed by atoms with Crippen molar-refractivity contribution in [2.24, 2.45) is 7.05 Å². The van der Waals surface area contributed by atoms with Gasteiger partial charge >= 0.3 is 5.69 Å². The molecule has 1 amide bonds. The molecule has 1 unspecified atom stereocenters. The van der Waals surface area contributed by atoms with E-state index in [1.807, 2.05) is 13.8 Å². The van der Waals surface area contributed by atoms with Crippen molar-refractivity contribution in [1.29, 1.82) is 0 Å². The van der Waals surface area contributed by atoms with E-state index in [9.17, 15) is 9.59 Å². The van der Waals surface area contributed by atoms with Gasteiger partial charge in [-0.3, -0.25) is 9.36 Å². The fourth-order valence-electron chi connectivity index (χ4n) is 1.09. The quantitative estimate of drug-likeness (QED) is 0.731. The molecule has 1 aromatic heterocycles. The molecule has 0 fully saturated rings. The maximum Gasteiger partial charge on any atom is 0.345 e. The summed E-state index contributed by atoms with van der Waals surface area (Å²) in [5.41, 5.74) is -0.283. The molecular weight excluding hydrogens is 196 g/mol. The third-order valence-electron chi connectivity index (χ3n) is 2.20. The minimum atomic E-state index is -0.283. The smallest absolute Gasteiger partial charge is 0.345 e. The van der Waals surface area contributed by atoms with Gasteiger partial charge in [-0.15, -0.1) is 0 Å². The predicted octanol–water partition coefficient (Wildman–Crippen LogP) is -0.503. The summed E-state index contributed by atoms with van der Waals surface area (Å²) in [4.78, 5) is 22.8. The fraction of sp³-hybridized carbons (Fsp3) is 0.667. The number of nitrogens with zero attached hydrogens (tertiary/aromatic N) is 3.